The van der Waals surface area contributed by atoms with Crippen molar-refractivity contribution in [2.45, 2.75) is 18.9 Å². The molecule has 0 spiro atoms. The minimum atomic E-state index is -1.51. The van der Waals surface area contributed by atoms with Crippen molar-refractivity contribution in [3.8, 4) is 0 Å². The third kappa shape index (κ3) is 2.69. The summed E-state index contributed by atoms with van der Waals surface area (Å²) in [6, 6.07) is 0. The molecule has 0 radical (unpaired) electrons. The molecule has 3 N–H and O–H groups in total. The summed E-state index contributed by atoms with van der Waals surface area (Å²) in [5.74, 6) is -1.25. The second kappa shape index (κ2) is 3.50. The summed E-state index contributed by atoms with van der Waals surface area (Å²) >= 11 is 0. The van der Waals surface area contributed by atoms with E-state index in [0.29, 0.717) is 0 Å². The van der Waals surface area contributed by atoms with Gasteiger partial charge in [-0.3, -0.25) is 0 Å². The number of hydrogen-bond donors (Lipinski definition) is 3. The average Bonchev–Trinajstić information content (AvgIpc) is 1.86. The van der Waals surface area contributed by atoms with E-state index in [9.17, 15) is 9.90 Å². The third-order valence-electron chi connectivity index (χ3n) is 1.51. The summed E-state index contributed by atoms with van der Waals surface area (Å²) < 4.78 is 0. The first-order chi connectivity index (χ1) is 4.91. The number of hydrogen-bond acceptors (Lipinski definition) is 3. The highest BCUT2D eigenvalue weighted by molar-refractivity contribution is 5.87. The first-order valence-corrected chi connectivity index (χ1v) is 3.17. The van der Waals surface area contributed by atoms with Crippen LogP contribution in [0.2, 0.25) is 0 Å². The summed E-state index contributed by atoms with van der Waals surface area (Å²) in [6.45, 7) is 4.22. The van der Waals surface area contributed by atoms with Crippen molar-refractivity contribution in [2.75, 3.05) is 6.61 Å². The molecule has 64 valence electrons. The quantitative estimate of drug-likeness (QED) is 0.496. The maximum atomic E-state index is 10.3. The van der Waals surface area contributed by atoms with Crippen molar-refractivity contribution in [3.63, 3.8) is 0 Å². The molecule has 0 rings (SSSR count). The van der Waals surface area contributed by atoms with Crippen LogP contribution < -0.4 is 0 Å². The van der Waals surface area contributed by atoms with Gasteiger partial charge in [-0.1, -0.05) is 6.58 Å². The molecule has 0 aromatic heterocycles. The predicted octanol–water partition coefficient (Wildman–Crippen LogP) is -0.239. The first kappa shape index (κ1) is 10.1. The number of carbonyl (C=O) groups is 1. The van der Waals surface area contributed by atoms with Gasteiger partial charge in [0.05, 0.1) is 11.2 Å². The van der Waals surface area contributed by atoms with Gasteiger partial charge in [-0.05, 0) is 6.92 Å². The zero-order valence-electron chi connectivity index (χ0n) is 6.37. The van der Waals surface area contributed by atoms with E-state index >= 15 is 0 Å². The minimum absolute atomic E-state index is 0.0157. The Morgan fingerprint density at radius 3 is 2.36 bits per heavy atom. The lowest BCUT2D eigenvalue weighted by molar-refractivity contribution is -0.135. The smallest absolute Gasteiger partial charge is 0.333 e. The average molecular weight is 160 g/mol. The SMILES string of the molecule is C=C(C(=O)O)[C@](C)(O)CCO. The van der Waals surface area contributed by atoms with E-state index in [1.54, 1.807) is 0 Å². The predicted molar refractivity (Wildman–Crippen MR) is 39.1 cm³/mol. The third-order valence-corrected chi connectivity index (χ3v) is 1.51. The molecule has 4 nitrogen and oxygen atoms in total. The van der Waals surface area contributed by atoms with Crippen molar-refractivity contribution in [1.82, 2.24) is 0 Å². The van der Waals surface area contributed by atoms with Crippen LogP contribution in [0.3, 0.4) is 0 Å². The molecule has 0 heterocycles. The zero-order valence-corrected chi connectivity index (χ0v) is 6.37. The first-order valence-electron chi connectivity index (χ1n) is 3.17. The number of carboxylic acid groups (broad SMARTS) is 1. The van der Waals surface area contributed by atoms with Gasteiger partial charge in [0, 0.05) is 13.0 Å². The van der Waals surface area contributed by atoms with Crippen LogP contribution in [-0.2, 0) is 4.79 Å². The molecule has 0 aliphatic rings. The topological polar surface area (TPSA) is 77.8 Å². The lowest BCUT2D eigenvalue weighted by Gasteiger charge is -2.21. The Labute approximate surface area is 64.8 Å². The molecule has 0 aliphatic carbocycles. The van der Waals surface area contributed by atoms with E-state index in [4.69, 9.17) is 10.2 Å². The Morgan fingerprint density at radius 2 is 2.09 bits per heavy atom. The second-order valence-corrected chi connectivity index (χ2v) is 2.53. The molecule has 4 heteroatoms. The fourth-order valence-electron chi connectivity index (χ4n) is 0.599. The molecule has 11 heavy (non-hydrogen) atoms. The van der Waals surface area contributed by atoms with Crippen LogP contribution in [0, 0.1) is 0 Å². The van der Waals surface area contributed by atoms with Gasteiger partial charge < -0.3 is 15.3 Å². The van der Waals surface area contributed by atoms with Crippen molar-refractivity contribution < 1.29 is 20.1 Å². The number of rotatable bonds is 4. The van der Waals surface area contributed by atoms with Gasteiger partial charge in [0.25, 0.3) is 0 Å². The molecule has 0 amide bonds. The Bertz CT molecular complexity index is 171. The van der Waals surface area contributed by atoms with Gasteiger partial charge >= 0.3 is 5.97 Å². The van der Waals surface area contributed by atoms with E-state index in [-0.39, 0.29) is 18.6 Å². The minimum Gasteiger partial charge on any atom is -0.478 e. The fraction of sp³-hybridized carbons (Fsp3) is 0.571. The van der Waals surface area contributed by atoms with Gasteiger partial charge in [0.2, 0.25) is 0 Å². The summed E-state index contributed by atoms with van der Waals surface area (Å²) in [7, 11) is 0. The lowest BCUT2D eigenvalue weighted by Crippen LogP contribution is -2.31. The highest BCUT2D eigenvalue weighted by atomic mass is 16.4. The van der Waals surface area contributed by atoms with Crippen LogP contribution in [-0.4, -0.2) is 33.5 Å². The van der Waals surface area contributed by atoms with Crippen LogP contribution in [0.5, 0.6) is 0 Å². The van der Waals surface area contributed by atoms with Crippen LogP contribution in [0.1, 0.15) is 13.3 Å². The maximum Gasteiger partial charge on any atom is 0.333 e. The number of aliphatic carboxylic acids is 1. The molecule has 0 saturated heterocycles. The Kier molecular flexibility index (Phi) is 3.22. The molecule has 0 aromatic carbocycles. The Morgan fingerprint density at radius 1 is 1.64 bits per heavy atom. The Balaban J connectivity index is 4.29. The normalized spacial score (nSPS) is 15.5. The highest BCUT2D eigenvalue weighted by Gasteiger charge is 2.28. The summed E-state index contributed by atoms with van der Waals surface area (Å²) in [5, 5.41) is 26.2. The van der Waals surface area contributed by atoms with Gasteiger partial charge in [-0.15, -0.1) is 0 Å². The second-order valence-electron chi connectivity index (χ2n) is 2.53. The van der Waals surface area contributed by atoms with Crippen LogP contribution in [0.4, 0.5) is 0 Å². The van der Waals surface area contributed by atoms with E-state index < -0.39 is 11.6 Å². The lowest BCUT2D eigenvalue weighted by atomic mass is 9.94. The van der Waals surface area contributed by atoms with E-state index in [0.717, 1.165) is 0 Å². The Hall–Kier alpha value is -0.870. The van der Waals surface area contributed by atoms with E-state index in [1.165, 1.54) is 6.92 Å². The number of aliphatic hydroxyl groups excluding tert-OH is 1. The van der Waals surface area contributed by atoms with Gasteiger partial charge in [0.15, 0.2) is 0 Å². The molecular formula is C7H12O4. The molecule has 0 aromatic rings. The monoisotopic (exact) mass is 160 g/mol. The number of aliphatic hydroxyl groups is 2. The molecule has 0 aliphatic heterocycles. The summed E-state index contributed by atoms with van der Waals surface area (Å²) in [4.78, 5) is 10.3. The van der Waals surface area contributed by atoms with Gasteiger partial charge in [-0.25, -0.2) is 4.79 Å². The standard InChI is InChI=1S/C7H12O4/c1-5(6(9)10)7(2,11)3-4-8/h8,11H,1,3-4H2,2H3,(H,9,10)/t7-/m1/s1. The van der Waals surface area contributed by atoms with Crippen molar-refractivity contribution in [3.05, 3.63) is 12.2 Å². The van der Waals surface area contributed by atoms with Crippen molar-refractivity contribution >= 4 is 5.97 Å². The maximum absolute atomic E-state index is 10.3. The molecule has 0 unspecified atom stereocenters. The zero-order chi connectivity index (χ0) is 9.07. The van der Waals surface area contributed by atoms with E-state index in [1.807, 2.05) is 0 Å². The molecule has 0 saturated carbocycles. The van der Waals surface area contributed by atoms with Crippen molar-refractivity contribution in [1.29, 1.82) is 0 Å². The van der Waals surface area contributed by atoms with Gasteiger partial charge in [-0.2, -0.15) is 0 Å². The molecule has 1 atom stereocenters. The number of carboxylic acids is 1. The molecular weight excluding hydrogens is 148 g/mol. The fourth-order valence-corrected chi connectivity index (χ4v) is 0.599. The summed E-state index contributed by atoms with van der Waals surface area (Å²) in [5.41, 5.74) is -1.81. The van der Waals surface area contributed by atoms with Crippen LogP contribution in [0.15, 0.2) is 12.2 Å². The highest BCUT2D eigenvalue weighted by Crippen LogP contribution is 2.18. The van der Waals surface area contributed by atoms with Gasteiger partial charge in [0.1, 0.15) is 0 Å². The van der Waals surface area contributed by atoms with E-state index in [2.05, 4.69) is 6.58 Å². The van der Waals surface area contributed by atoms with Crippen LogP contribution >= 0.6 is 0 Å². The summed E-state index contributed by atoms with van der Waals surface area (Å²) in [6.07, 6.45) is -0.0157. The molecule has 0 fully saturated rings. The largest absolute Gasteiger partial charge is 0.478 e. The van der Waals surface area contributed by atoms with Crippen molar-refractivity contribution in [2.24, 2.45) is 0 Å². The molecule has 0 bridgehead atoms. The van der Waals surface area contributed by atoms with Crippen LogP contribution in [0.25, 0.3) is 0 Å².